The maximum absolute atomic E-state index is 12.4. The molecule has 0 bridgehead atoms. The van der Waals surface area contributed by atoms with E-state index in [1.165, 1.54) is 31.0 Å². The number of ether oxygens (including phenoxy) is 1. The van der Waals surface area contributed by atoms with Crippen molar-refractivity contribution in [1.82, 2.24) is 0 Å². The minimum atomic E-state index is -0.495. The lowest BCUT2D eigenvalue weighted by atomic mass is 10.2. The molecule has 126 valence electrons. The molecule has 2 aromatic carbocycles. The number of carbonyl (C=O) groups excluding carboxylic acids is 2. The minimum absolute atomic E-state index is 0.223. The van der Waals surface area contributed by atoms with Gasteiger partial charge in [0.15, 0.2) is 0 Å². The molecule has 0 aliphatic heterocycles. The Hall–Kier alpha value is -1.69. The topological polar surface area (TPSA) is 55.4 Å². The number of hydrogen-bond acceptors (Lipinski definition) is 4. The standard InChI is InChI=1S/C17H15Cl2NO3S/c1-10(24-13-6-4-12(18)5-7-13)16(21)20-15-9-11(17(22)23-2)3-8-14(15)19/h3-10H,1-2H3,(H,20,21)/t10-/m0/s1. The van der Waals surface area contributed by atoms with E-state index in [4.69, 9.17) is 23.2 Å². The number of rotatable bonds is 5. The summed E-state index contributed by atoms with van der Waals surface area (Å²) in [5.41, 5.74) is 0.684. The zero-order valence-electron chi connectivity index (χ0n) is 13.0. The van der Waals surface area contributed by atoms with Crippen LogP contribution in [0.3, 0.4) is 0 Å². The van der Waals surface area contributed by atoms with E-state index in [1.807, 2.05) is 12.1 Å². The number of amides is 1. The Morgan fingerprint density at radius 2 is 1.79 bits per heavy atom. The van der Waals surface area contributed by atoms with Crippen LogP contribution in [0, 0.1) is 0 Å². The summed E-state index contributed by atoms with van der Waals surface area (Å²) in [6.45, 7) is 1.78. The van der Waals surface area contributed by atoms with Gasteiger partial charge in [-0.1, -0.05) is 23.2 Å². The number of hydrogen-bond donors (Lipinski definition) is 1. The van der Waals surface area contributed by atoms with Gasteiger partial charge < -0.3 is 10.1 Å². The summed E-state index contributed by atoms with van der Waals surface area (Å²) in [5.74, 6) is -0.718. The van der Waals surface area contributed by atoms with Crippen LogP contribution >= 0.6 is 35.0 Å². The van der Waals surface area contributed by atoms with E-state index in [0.29, 0.717) is 21.3 Å². The van der Waals surface area contributed by atoms with Crippen LogP contribution in [-0.2, 0) is 9.53 Å². The number of anilines is 1. The predicted octanol–water partition coefficient (Wildman–Crippen LogP) is 4.90. The fourth-order valence-electron chi connectivity index (χ4n) is 1.87. The Labute approximate surface area is 154 Å². The van der Waals surface area contributed by atoms with Crippen LogP contribution in [0.25, 0.3) is 0 Å². The molecule has 0 unspecified atom stereocenters. The van der Waals surface area contributed by atoms with Crippen LogP contribution in [0.2, 0.25) is 10.0 Å². The van der Waals surface area contributed by atoms with Crippen LogP contribution in [0.1, 0.15) is 17.3 Å². The molecular formula is C17H15Cl2NO3S. The highest BCUT2D eigenvalue weighted by molar-refractivity contribution is 8.00. The zero-order chi connectivity index (χ0) is 17.7. The molecule has 24 heavy (non-hydrogen) atoms. The van der Waals surface area contributed by atoms with E-state index in [0.717, 1.165) is 4.90 Å². The Bertz CT molecular complexity index is 750. The van der Waals surface area contributed by atoms with Crippen LogP contribution in [-0.4, -0.2) is 24.2 Å². The number of nitrogens with one attached hydrogen (secondary N) is 1. The third kappa shape index (κ3) is 4.90. The molecule has 1 N–H and O–H groups in total. The summed E-state index contributed by atoms with van der Waals surface area (Å²) < 4.78 is 4.66. The van der Waals surface area contributed by atoms with Gasteiger partial charge in [0.2, 0.25) is 5.91 Å². The molecule has 0 spiro atoms. The molecule has 0 aromatic heterocycles. The van der Waals surface area contributed by atoms with Gasteiger partial charge >= 0.3 is 5.97 Å². The number of carbonyl (C=O) groups is 2. The van der Waals surface area contributed by atoms with Crippen molar-refractivity contribution in [2.24, 2.45) is 0 Å². The molecule has 0 radical (unpaired) electrons. The van der Waals surface area contributed by atoms with Crippen molar-refractivity contribution < 1.29 is 14.3 Å². The molecule has 7 heteroatoms. The molecule has 1 atom stereocenters. The summed E-state index contributed by atoms with van der Waals surface area (Å²) in [6, 6.07) is 11.8. The van der Waals surface area contributed by atoms with E-state index in [9.17, 15) is 9.59 Å². The average molecular weight is 384 g/mol. The zero-order valence-corrected chi connectivity index (χ0v) is 15.3. The van der Waals surface area contributed by atoms with Crippen LogP contribution < -0.4 is 5.32 Å². The van der Waals surface area contributed by atoms with Gasteiger partial charge in [0, 0.05) is 9.92 Å². The highest BCUT2D eigenvalue weighted by atomic mass is 35.5. The molecule has 0 aliphatic rings. The second-order valence-corrected chi connectivity index (χ2v) is 7.15. The Balaban J connectivity index is 2.08. The molecule has 2 aromatic rings. The quantitative estimate of drug-likeness (QED) is 0.589. The van der Waals surface area contributed by atoms with E-state index < -0.39 is 5.97 Å². The number of methoxy groups -OCH3 is 1. The van der Waals surface area contributed by atoms with Crippen molar-refractivity contribution in [1.29, 1.82) is 0 Å². The van der Waals surface area contributed by atoms with Crippen molar-refractivity contribution in [3.05, 3.63) is 58.1 Å². The molecule has 4 nitrogen and oxygen atoms in total. The van der Waals surface area contributed by atoms with E-state index >= 15 is 0 Å². The summed E-state index contributed by atoms with van der Waals surface area (Å²) in [6.07, 6.45) is 0. The van der Waals surface area contributed by atoms with E-state index in [-0.39, 0.29) is 11.2 Å². The first kappa shape index (κ1) is 18.6. The molecule has 0 saturated carbocycles. The van der Waals surface area contributed by atoms with Crippen molar-refractivity contribution in [3.8, 4) is 0 Å². The third-order valence-electron chi connectivity index (χ3n) is 3.14. The first-order valence-corrected chi connectivity index (χ1v) is 8.65. The Morgan fingerprint density at radius 3 is 2.42 bits per heavy atom. The monoisotopic (exact) mass is 383 g/mol. The smallest absolute Gasteiger partial charge is 0.337 e. The van der Waals surface area contributed by atoms with E-state index in [2.05, 4.69) is 10.1 Å². The first-order valence-electron chi connectivity index (χ1n) is 7.01. The number of halogens is 2. The predicted molar refractivity (Wildman–Crippen MR) is 98.2 cm³/mol. The average Bonchev–Trinajstić information content (AvgIpc) is 2.58. The lowest BCUT2D eigenvalue weighted by Gasteiger charge is -2.13. The van der Waals surface area contributed by atoms with Crippen molar-refractivity contribution in [2.75, 3.05) is 12.4 Å². The molecule has 0 heterocycles. The number of benzene rings is 2. The second kappa shape index (κ2) is 8.42. The van der Waals surface area contributed by atoms with Gasteiger partial charge in [0.1, 0.15) is 0 Å². The van der Waals surface area contributed by atoms with Gasteiger partial charge in [-0.3, -0.25) is 4.79 Å². The van der Waals surface area contributed by atoms with Gasteiger partial charge in [0.05, 0.1) is 28.6 Å². The molecule has 0 fully saturated rings. The third-order valence-corrected chi connectivity index (χ3v) is 4.83. The fourth-order valence-corrected chi connectivity index (χ4v) is 3.03. The molecule has 0 aliphatic carbocycles. The minimum Gasteiger partial charge on any atom is -0.465 e. The summed E-state index contributed by atoms with van der Waals surface area (Å²) in [4.78, 5) is 24.9. The van der Waals surface area contributed by atoms with E-state index in [1.54, 1.807) is 25.1 Å². The van der Waals surface area contributed by atoms with Gasteiger partial charge in [-0.15, -0.1) is 11.8 Å². The molecule has 2 rings (SSSR count). The largest absolute Gasteiger partial charge is 0.465 e. The van der Waals surface area contributed by atoms with Crippen molar-refractivity contribution in [3.63, 3.8) is 0 Å². The fraction of sp³-hybridized carbons (Fsp3) is 0.176. The lowest BCUT2D eigenvalue weighted by molar-refractivity contribution is -0.115. The number of esters is 1. The summed E-state index contributed by atoms with van der Waals surface area (Å²) >= 11 is 13.3. The Kier molecular flexibility index (Phi) is 6.54. The van der Waals surface area contributed by atoms with Crippen LogP contribution in [0.5, 0.6) is 0 Å². The maximum Gasteiger partial charge on any atom is 0.337 e. The molecule has 1 amide bonds. The van der Waals surface area contributed by atoms with Gasteiger partial charge in [0.25, 0.3) is 0 Å². The first-order chi connectivity index (χ1) is 11.4. The van der Waals surface area contributed by atoms with Crippen LogP contribution in [0.4, 0.5) is 5.69 Å². The molecule has 0 saturated heterocycles. The highest BCUT2D eigenvalue weighted by Crippen LogP contribution is 2.28. The van der Waals surface area contributed by atoms with Gasteiger partial charge in [-0.05, 0) is 49.4 Å². The Morgan fingerprint density at radius 1 is 1.12 bits per heavy atom. The van der Waals surface area contributed by atoms with Gasteiger partial charge in [-0.2, -0.15) is 0 Å². The van der Waals surface area contributed by atoms with Gasteiger partial charge in [-0.25, -0.2) is 4.79 Å². The van der Waals surface area contributed by atoms with Crippen molar-refractivity contribution >= 4 is 52.5 Å². The van der Waals surface area contributed by atoms with Crippen molar-refractivity contribution in [2.45, 2.75) is 17.1 Å². The SMILES string of the molecule is COC(=O)c1ccc(Cl)c(NC(=O)[C@H](C)Sc2ccc(Cl)cc2)c1. The normalized spacial score (nSPS) is 11.7. The second-order valence-electron chi connectivity index (χ2n) is 4.89. The summed E-state index contributed by atoms with van der Waals surface area (Å²) in [7, 11) is 1.29. The summed E-state index contributed by atoms with van der Waals surface area (Å²) in [5, 5.41) is 3.37. The highest BCUT2D eigenvalue weighted by Gasteiger charge is 2.17. The lowest BCUT2D eigenvalue weighted by Crippen LogP contribution is -2.22. The number of thioether (sulfide) groups is 1. The maximum atomic E-state index is 12.4. The van der Waals surface area contributed by atoms with Crippen LogP contribution in [0.15, 0.2) is 47.4 Å². The molecular weight excluding hydrogens is 369 g/mol.